The van der Waals surface area contributed by atoms with E-state index in [2.05, 4.69) is 20.8 Å². The predicted octanol–water partition coefficient (Wildman–Crippen LogP) is 4.22. The third kappa shape index (κ3) is 6.59. The van der Waals surface area contributed by atoms with Gasteiger partial charge in [-0.1, -0.05) is 33.6 Å². The van der Waals surface area contributed by atoms with Gasteiger partial charge in [0.05, 0.1) is 0 Å². The largest absolute Gasteiger partial charge is 0.430 e. The first-order valence-corrected chi connectivity index (χ1v) is 6.32. The van der Waals surface area contributed by atoms with Crippen LogP contribution in [0.2, 0.25) is 0 Å². The summed E-state index contributed by atoms with van der Waals surface area (Å²) in [5.74, 6) is 1.31. The first kappa shape index (κ1) is 15.1. The first-order valence-electron chi connectivity index (χ1n) is 6.32. The fraction of sp³-hybridized carbons (Fsp3) is 0.846. The third-order valence-electron chi connectivity index (χ3n) is 2.98. The maximum Gasteiger partial charge on any atom is 0.192 e. The lowest BCUT2D eigenvalue weighted by molar-refractivity contribution is 0.393. The molecular weight excluding hydrogens is 200 g/mol. The summed E-state index contributed by atoms with van der Waals surface area (Å²) in [4.78, 5) is 0. The highest BCUT2D eigenvalue weighted by molar-refractivity contribution is 5.88. The van der Waals surface area contributed by atoms with E-state index in [1.807, 2.05) is 0 Å². The highest BCUT2D eigenvalue weighted by Gasteiger charge is 2.17. The van der Waals surface area contributed by atoms with Gasteiger partial charge in [0.15, 0.2) is 11.8 Å². The van der Waals surface area contributed by atoms with E-state index in [4.69, 9.17) is 15.6 Å². The lowest BCUT2D eigenvalue weighted by atomic mass is 9.92. The van der Waals surface area contributed by atoms with E-state index in [0.29, 0.717) is 5.92 Å². The summed E-state index contributed by atoms with van der Waals surface area (Å²) in [7, 11) is 0. The molecule has 0 radical (unpaired) electrons. The van der Waals surface area contributed by atoms with Gasteiger partial charge in [-0.05, 0) is 25.2 Å². The molecule has 0 aromatic heterocycles. The van der Waals surface area contributed by atoms with Crippen molar-refractivity contribution in [2.24, 2.45) is 11.8 Å². The zero-order valence-corrected chi connectivity index (χ0v) is 11.1. The first-order chi connectivity index (χ1) is 7.51. The van der Waals surface area contributed by atoms with Gasteiger partial charge < -0.3 is 4.74 Å². The highest BCUT2D eigenvalue weighted by Crippen LogP contribution is 2.20. The van der Waals surface area contributed by atoms with Crippen LogP contribution >= 0.6 is 0 Å². The SMILES string of the molecule is CCCC(CCC(C)CC)C(=N)OC(C)=N. The van der Waals surface area contributed by atoms with Crippen molar-refractivity contribution in [2.45, 2.75) is 59.8 Å². The van der Waals surface area contributed by atoms with Crippen LogP contribution in [0.1, 0.15) is 59.8 Å². The van der Waals surface area contributed by atoms with Gasteiger partial charge in [-0.3, -0.25) is 10.8 Å². The van der Waals surface area contributed by atoms with Crippen LogP contribution in [0.4, 0.5) is 0 Å². The van der Waals surface area contributed by atoms with E-state index in [1.165, 1.54) is 6.42 Å². The molecule has 0 spiro atoms. The fourth-order valence-electron chi connectivity index (χ4n) is 1.69. The Bertz CT molecular complexity index is 226. The molecular formula is C13H26N2O. The van der Waals surface area contributed by atoms with Gasteiger partial charge in [0.1, 0.15) is 0 Å². The van der Waals surface area contributed by atoms with Gasteiger partial charge in [0.2, 0.25) is 0 Å². The molecule has 0 aliphatic carbocycles. The molecule has 2 N–H and O–H groups in total. The number of nitrogens with one attached hydrogen (secondary N) is 2. The fourth-order valence-corrected chi connectivity index (χ4v) is 1.69. The van der Waals surface area contributed by atoms with Gasteiger partial charge in [-0.15, -0.1) is 0 Å². The molecule has 3 heteroatoms. The summed E-state index contributed by atoms with van der Waals surface area (Å²) >= 11 is 0. The Morgan fingerprint density at radius 3 is 2.19 bits per heavy atom. The lowest BCUT2D eigenvalue weighted by Gasteiger charge is -2.18. The number of hydrogen-bond acceptors (Lipinski definition) is 3. The van der Waals surface area contributed by atoms with Crippen molar-refractivity contribution in [2.75, 3.05) is 0 Å². The van der Waals surface area contributed by atoms with Crippen LogP contribution in [-0.4, -0.2) is 11.8 Å². The van der Waals surface area contributed by atoms with Crippen LogP contribution in [0.25, 0.3) is 0 Å². The van der Waals surface area contributed by atoms with Gasteiger partial charge in [0, 0.05) is 12.8 Å². The van der Waals surface area contributed by atoms with Crippen LogP contribution in [0, 0.1) is 22.7 Å². The second-order valence-electron chi connectivity index (χ2n) is 4.60. The molecule has 0 saturated heterocycles. The summed E-state index contributed by atoms with van der Waals surface area (Å²) in [6.45, 7) is 8.14. The third-order valence-corrected chi connectivity index (χ3v) is 2.98. The summed E-state index contributed by atoms with van der Waals surface area (Å²) in [5.41, 5.74) is 0. The average Bonchev–Trinajstić information content (AvgIpc) is 2.22. The minimum atomic E-state index is 0.120. The molecule has 94 valence electrons. The Labute approximate surface area is 99.6 Å². The maximum atomic E-state index is 7.82. The Morgan fingerprint density at radius 2 is 1.75 bits per heavy atom. The van der Waals surface area contributed by atoms with Gasteiger partial charge in [-0.2, -0.15) is 0 Å². The topological polar surface area (TPSA) is 56.9 Å². The van der Waals surface area contributed by atoms with Crippen LogP contribution in [0.3, 0.4) is 0 Å². The summed E-state index contributed by atoms with van der Waals surface area (Å²) in [6.07, 6.45) is 5.39. The van der Waals surface area contributed by atoms with Crippen molar-refractivity contribution in [3.05, 3.63) is 0 Å². The van der Waals surface area contributed by atoms with Crippen LogP contribution in [0.5, 0.6) is 0 Å². The smallest absolute Gasteiger partial charge is 0.192 e. The molecule has 0 aromatic rings. The van der Waals surface area contributed by atoms with Crippen molar-refractivity contribution in [3.63, 3.8) is 0 Å². The number of hydrogen-bond donors (Lipinski definition) is 2. The standard InChI is InChI=1S/C13H26N2O/c1-5-7-12(9-8-10(3)6-2)13(15)16-11(4)14/h10,12,14-15H,5-9H2,1-4H3. The molecule has 0 amide bonds. The van der Waals surface area contributed by atoms with Crippen molar-refractivity contribution in [1.82, 2.24) is 0 Å². The number of ether oxygens (including phenoxy) is 1. The van der Waals surface area contributed by atoms with Crippen LogP contribution < -0.4 is 0 Å². The zero-order chi connectivity index (χ0) is 12.6. The van der Waals surface area contributed by atoms with E-state index >= 15 is 0 Å². The zero-order valence-electron chi connectivity index (χ0n) is 11.1. The summed E-state index contributed by atoms with van der Waals surface area (Å²) in [5, 5.41) is 15.1. The molecule has 2 unspecified atom stereocenters. The molecule has 0 heterocycles. The monoisotopic (exact) mass is 226 g/mol. The second kappa shape index (κ2) is 8.31. The molecule has 0 saturated carbocycles. The minimum Gasteiger partial charge on any atom is -0.430 e. The molecule has 3 nitrogen and oxygen atoms in total. The quantitative estimate of drug-likeness (QED) is 0.495. The second-order valence-corrected chi connectivity index (χ2v) is 4.60. The Kier molecular flexibility index (Phi) is 7.86. The van der Waals surface area contributed by atoms with Gasteiger partial charge in [0.25, 0.3) is 0 Å². The van der Waals surface area contributed by atoms with E-state index in [9.17, 15) is 0 Å². The van der Waals surface area contributed by atoms with Crippen molar-refractivity contribution >= 4 is 11.8 Å². The molecule has 0 bridgehead atoms. The molecule has 0 aliphatic rings. The Hall–Kier alpha value is -0.860. The number of rotatable bonds is 7. The predicted molar refractivity (Wildman–Crippen MR) is 69.3 cm³/mol. The maximum absolute atomic E-state index is 7.82. The lowest BCUT2D eigenvalue weighted by Crippen LogP contribution is -2.19. The Morgan fingerprint density at radius 1 is 1.12 bits per heavy atom. The molecule has 0 fully saturated rings. The minimum absolute atomic E-state index is 0.120. The summed E-state index contributed by atoms with van der Waals surface area (Å²) < 4.78 is 5.10. The van der Waals surface area contributed by atoms with E-state index < -0.39 is 0 Å². The van der Waals surface area contributed by atoms with E-state index in [1.54, 1.807) is 6.92 Å². The summed E-state index contributed by atoms with van der Waals surface area (Å²) in [6, 6.07) is 0. The van der Waals surface area contributed by atoms with E-state index in [0.717, 1.165) is 25.7 Å². The molecule has 0 rings (SSSR count). The highest BCUT2D eigenvalue weighted by atomic mass is 16.5. The molecule has 0 aliphatic heterocycles. The van der Waals surface area contributed by atoms with Crippen LogP contribution in [0.15, 0.2) is 0 Å². The molecule has 16 heavy (non-hydrogen) atoms. The Balaban J connectivity index is 4.14. The normalized spacial score (nSPS) is 14.2. The van der Waals surface area contributed by atoms with Gasteiger partial charge in [-0.25, -0.2) is 0 Å². The molecule has 2 atom stereocenters. The molecule has 0 aromatic carbocycles. The van der Waals surface area contributed by atoms with Crippen LogP contribution in [-0.2, 0) is 4.74 Å². The van der Waals surface area contributed by atoms with E-state index in [-0.39, 0.29) is 17.7 Å². The van der Waals surface area contributed by atoms with Crippen molar-refractivity contribution < 1.29 is 4.74 Å². The van der Waals surface area contributed by atoms with Crippen molar-refractivity contribution in [1.29, 1.82) is 10.8 Å². The average molecular weight is 226 g/mol. The van der Waals surface area contributed by atoms with Crippen molar-refractivity contribution in [3.8, 4) is 0 Å². The van der Waals surface area contributed by atoms with Gasteiger partial charge >= 0.3 is 0 Å².